The zero-order valence-corrected chi connectivity index (χ0v) is 8.26. The highest BCUT2D eigenvalue weighted by molar-refractivity contribution is 4.70. The van der Waals surface area contributed by atoms with Gasteiger partial charge in [-0.1, -0.05) is 51.5 Å². The van der Waals surface area contributed by atoms with Crippen LogP contribution in [0.5, 0.6) is 0 Å². The number of unbranched alkanes of at least 4 members (excludes halogenated alkanes) is 7. The van der Waals surface area contributed by atoms with Crippen LogP contribution in [0.15, 0.2) is 12.3 Å². The van der Waals surface area contributed by atoms with Crippen molar-refractivity contribution in [1.82, 2.24) is 0 Å². The van der Waals surface area contributed by atoms with E-state index >= 15 is 0 Å². The Morgan fingerprint density at radius 2 is 1.50 bits per heavy atom. The van der Waals surface area contributed by atoms with Gasteiger partial charge in [-0.2, -0.15) is 0 Å². The summed E-state index contributed by atoms with van der Waals surface area (Å²) in [5.74, 6) is 0. The van der Waals surface area contributed by atoms with Crippen molar-refractivity contribution in [1.29, 1.82) is 0 Å². The van der Waals surface area contributed by atoms with Crippen LogP contribution in [-0.4, -0.2) is 5.11 Å². The second-order valence-electron chi connectivity index (χ2n) is 3.29. The molecule has 1 N–H and O–H groups in total. The van der Waals surface area contributed by atoms with Crippen LogP contribution < -0.4 is 0 Å². The Labute approximate surface area is 76.5 Å². The second kappa shape index (κ2) is 10.5. The maximum Gasteiger partial charge on any atom is 0.0751 e. The van der Waals surface area contributed by atoms with E-state index in [0.29, 0.717) is 0 Å². The van der Waals surface area contributed by atoms with Gasteiger partial charge in [0, 0.05) is 0 Å². The SMILES string of the molecule is CCCCCCCCC/C=C/O. The van der Waals surface area contributed by atoms with Crippen LogP contribution in [0, 0.1) is 0 Å². The number of hydrogen-bond acceptors (Lipinski definition) is 1. The Bertz CT molecular complexity index is 97.2. The first-order chi connectivity index (χ1) is 5.91. The molecule has 0 rings (SSSR count). The monoisotopic (exact) mass is 170 g/mol. The molecule has 0 unspecified atom stereocenters. The summed E-state index contributed by atoms with van der Waals surface area (Å²) in [5.41, 5.74) is 0. The lowest BCUT2D eigenvalue weighted by Gasteiger charge is -1.98. The molecular formula is C11H22O. The predicted octanol–water partition coefficient (Wildman–Crippen LogP) is 4.20. The van der Waals surface area contributed by atoms with Crippen molar-refractivity contribution in [3.8, 4) is 0 Å². The number of aliphatic hydroxyl groups is 1. The summed E-state index contributed by atoms with van der Waals surface area (Å²) >= 11 is 0. The molecule has 0 heterocycles. The van der Waals surface area contributed by atoms with Crippen molar-refractivity contribution in [3.63, 3.8) is 0 Å². The van der Waals surface area contributed by atoms with E-state index in [0.717, 1.165) is 12.7 Å². The van der Waals surface area contributed by atoms with Crippen molar-refractivity contribution in [2.24, 2.45) is 0 Å². The van der Waals surface area contributed by atoms with Gasteiger partial charge in [-0.25, -0.2) is 0 Å². The highest BCUT2D eigenvalue weighted by Gasteiger charge is 1.88. The number of allylic oxidation sites excluding steroid dienone is 1. The summed E-state index contributed by atoms with van der Waals surface area (Å²) in [7, 11) is 0. The molecule has 0 aliphatic carbocycles. The summed E-state index contributed by atoms with van der Waals surface area (Å²) in [6, 6.07) is 0. The predicted molar refractivity (Wildman–Crippen MR) is 54.4 cm³/mol. The van der Waals surface area contributed by atoms with Gasteiger partial charge in [-0.3, -0.25) is 0 Å². The van der Waals surface area contributed by atoms with Crippen LogP contribution in [0.2, 0.25) is 0 Å². The molecule has 72 valence electrons. The summed E-state index contributed by atoms with van der Waals surface area (Å²) < 4.78 is 0. The Balaban J connectivity index is 2.81. The molecule has 0 fully saturated rings. The molecule has 0 spiro atoms. The zero-order chi connectivity index (χ0) is 9.07. The number of rotatable bonds is 8. The quantitative estimate of drug-likeness (QED) is 0.427. The van der Waals surface area contributed by atoms with Gasteiger partial charge in [0.15, 0.2) is 0 Å². The third kappa shape index (κ3) is 9.54. The fourth-order valence-corrected chi connectivity index (χ4v) is 1.29. The van der Waals surface area contributed by atoms with E-state index in [9.17, 15) is 0 Å². The lowest BCUT2D eigenvalue weighted by molar-refractivity contribution is 0.469. The van der Waals surface area contributed by atoms with Gasteiger partial charge >= 0.3 is 0 Å². The van der Waals surface area contributed by atoms with Crippen LogP contribution in [0.25, 0.3) is 0 Å². The van der Waals surface area contributed by atoms with E-state index < -0.39 is 0 Å². The van der Waals surface area contributed by atoms with Gasteiger partial charge in [-0.05, 0) is 12.8 Å². The van der Waals surface area contributed by atoms with Crippen LogP contribution in [0.4, 0.5) is 0 Å². The molecular weight excluding hydrogens is 148 g/mol. The van der Waals surface area contributed by atoms with Crippen LogP contribution in [0.1, 0.15) is 58.3 Å². The molecule has 0 saturated carbocycles. The largest absolute Gasteiger partial charge is 0.516 e. The zero-order valence-electron chi connectivity index (χ0n) is 8.26. The van der Waals surface area contributed by atoms with E-state index in [1.165, 1.54) is 44.9 Å². The molecule has 0 aliphatic rings. The van der Waals surface area contributed by atoms with Crippen molar-refractivity contribution in [3.05, 3.63) is 12.3 Å². The molecule has 0 aliphatic heterocycles. The average Bonchev–Trinajstić information content (AvgIpc) is 2.10. The second-order valence-corrected chi connectivity index (χ2v) is 3.29. The van der Waals surface area contributed by atoms with Crippen LogP contribution >= 0.6 is 0 Å². The van der Waals surface area contributed by atoms with E-state index in [4.69, 9.17) is 5.11 Å². The van der Waals surface area contributed by atoms with Crippen LogP contribution in [0.3, 0.4) is 0 Å². The minimum absolute atomic E-state index is 1.03. The van der Waals surface area contributed by atoms with Crippen molar-refractivity contribution in [2.75, 3.05) is 0 Å². The van der Waals surface area contributed by atoms with Gasteiger partial charge in [-0.15, -0.1) is 0 Å². The third-order valence-electron chi connectivity index (χ3n) is 2.08. The molecule has 0 aromatic heterocycles. The van der Waals surface area contributed by atoms with Gasteiger partial charge in [0.05, 0.1) is 6.26 Å². The van der Waals surface area contributed by atoms with Gasteiger partial charge in [0.1, 0.15) is 0 Å². The lowest BCUT2D eigenvalue weighted by Crippen LogP contribution is -1.78. The normalized spacial score (nSPS) is 11.1. The van der Waals surface area contributed by atoms with Crippen molar-refractivity contribution < 1.29 is 5.11 Å². The topological polar surface area (TPSA) is 20.2 Å². The molecule has 0 amide bonds. The van der Waals surface area contributed by atoms with Crippen molar-refractivity contribution in [2.45, 2.75) is 58.3 Å². The lowest BCUT2D eigenvalue weighted by atomic mass is 10.1. The molecule has 0 bridgehead atoms. The summed E-state index contributed by atoms with van der Waals surface area (Å²) in [4.78, 5) is 0. The molecule has 1 nitrogen and oxygen atoms in total. The van der Waals surface area contributed by atoms with E-state index in [1.807, 2.05) is 6.08 Å². The Kier molecular flexibility index (Phi) is 10.1. The first-order valence-corrected chi connectivity index (χ1v) is 5.21. The first kappa shape index (κ1) is 11.5. The smallest absolute Gasteiger partial charge is 0.0751 e. The molecule has 0 atom stereocenters. The highest BCUT2D eigenvalue weighted by Crippen LogP contribution is 2.08. The summed E-state index contributed by atoms with van der Waals surface area (Å²) in [5, 5.41) is 8.36. The minimum Gasteiger partial charge on any atom is -0.516 e. The first-order valence-electron chi connectivity index (χ1n) is 5.21. The maximum atomic E-state index is 8.36. The highest BCUT2D eigenvalue weighted by atomic mass is 16.2. The molecule has 1 heteroatoms. The summed E-state index contributed by atoms with van der Waals surface area (Å²) in [6.07, 6.45) is 13.4. The number of aliphatic hydroxyl groups excluding tert-OH is 1. The Morgan fingerprint density at radius 3 is 2.08 bits per heavy atom. The van der Waals surface area contributed by atoms with Crippen molar-refractivity contribution >= 4 is 0 Å². The number of hydrogen-bond donors (Lipinski definition) is 1. The maximum absolute atomic E-state index is 8.36. The minimum atomic E-state index is 1.03. The fourth-order valence-electron chi connectivity index (χ4n) is 1.29. The summed E-state index contributed by atoms with van der Waals surface area (Å²) in [6.45, 7) is 2.24. The fraction of sp³-hybridized carbons (Fsp3) is 0.818. The average molecular weight is 170 g/mol. The van der Waals surface area contributed by atoms with Crippen LogP contribution in [-0.2, 0) is 0 Å². The molecule has 0 saturated heterocycles. The standard InChI is InChI=1S/C11H22O/c1-2-3-4-5-6-7-8-9-10-11-12/h10-12H,2-9H2,1H3/b11-10+. The van der Waals surface area contributed by atoms with Gasteiger partial charge < -0.3 is 5.11 Å². The van der Waals surface area contributed by atoms with E-state index in [2.05, 4.69) is 6.92 Å². The molecule has 0 aromatic rings. The van der Waals surface area contributed by atoms with Gasteiger partial charge in [0.25, 0.3) is 0 Å². The van der Waals surface area contributed by atoms with E-state index in [-0.39, 0.29) is 0 Å². The van der Waals surface area contributed by atoms with Gasteiger partial charge in [0.2, 0.25) is 0 Å². The molecule has 12 heavy (non-hydrogen) atoms. The third-order valence-corrected chi connectivity index (χ3v) is 2.08. The molecule has 0 radical (unpaired) electrons. The molecule has 0 aromatic carbocycles. The Morgan fingerprint density at radius 1 is 0.917 bits per heavy atom. The van der Waals surface area contributed by atoms with E-state index in [1.54, 1.807) is 0 Å². The Hall–Kier alpha value is -0.460.